The van der Waals surface area contributed by atoms with Gasteiger partial charge in [0.1, 0.15) is 11.0 Å². The average molecular weight is 317 g/mol. The van der Waals surface area contributed by atoms with Crippen molar-refractivity contribution in [2.24, 2.45) is 0 Å². The monoisotopic (exact) mass is 317 g/mol. The van der Waals surface area contributed by atoms with E-state index in [1.54, 1.807) is 22.7 Å². The molecule has 0 N–H and O–H groups in total. The third-order valence-electron chi connectivity index (χ3n) is 2.99. The molecule has 0 saturated carbocycles. The highest BCUT2D eigenvalue weighted by atomic mass is 32.1. The fraction of sp³-hybridized carbons (Fsp3) is 0. The number of thiophene rings is 2. The molecule has 0 amide bonds. The van der Waals surface area contributed by atoms with Crippen molar-refractivity contribution < 1.29 is 0 Å². The lowest BCUT2D eigenvalue weighted by molar-refractivity contribution is 1.63. The van der Waals surface area contributed by atoms with Crippen LogP contribution in [0.3, 0.4) is 0 Å². The lowest BCUT2D eigenvalue weighted by Crippen LogP contribution is -1.81. The Labute approximate surface area is 133 Å². The first kappa shape index (κ1) is 11.2. The number of nitrogens with zero attached hydrogens (tertiary/aromatic N) is 2. The van der Waals surface area contributed by atoms with E-state index in [0.29, 0.717) is 8.34 Å². The molecule has 0 aliphatic rings. The van der Waals surface area contributed by atoms with Gasteiger partial charge in [0.05, 0.1) is 20.1 Å². The summed E-state index contributed by atoms with van der Waals surface area (Å²) >= 11 is 4.76. The summed E-state index contributed by atoms with van der Waals surface area (Å²) in [5.41, 5.74) is 4.38. The zero-order valence-corrected chi connectivity index (χ0v) is 12.8. The van der Waals surface area contributed by atoms with Crippen molar-refractivity contribution in [2.45, 2.75) is 0 Å². The highest BCUT2D eigenvalue weighted by Crippen LogP contribution is 2.37. The number of benzene rings is 1. The molecule has 0 spiro atoms. The molecule has 3 aromatic heterocycles. The lowest BCUT2D eigenvalue weighted by Gasteiger charge is -2.03. The first-order valence-electron chi connectivity index (χ1n) is 6.92. The summed E-state index contributed by atoms with van der Waals surface area (Å²) in [6.07, 6.45) is 0. The van der Waals surface area contributed by atoms with Crippen LogP contribution in [-0.4, -0.2) is 19.8 Å². The molecule has 97 valence electrons. The third-order valence-corrected chi connectivity index (χ3v) is 5.32. The van der Waals surface area contributed by atoms with Gasteiger partial charge in [-0.05, 0) is 25.6 Å². The van der Waals surface area contributed by atoms with Crippen LogP contribution in [-0.2, 0) is 0 Å². The van der Waals surface area contributed by atoms with Gasteiger partial charge in [0, 0.05) is 20.9 Å². The zero-order chi connectivity index (χ0) is 15.4. The van der Waals surface area contributed by atoms with Crippen molar-refractivity contribution in [1.82, 2.24) is 8.75 Å². The minimum Gasteiger partial charge on any atom is -0.172 e. The Kier molecular flexibility index (Phi) is 3.07. The van der Waals surface area contributed by atoms with E-state index in [-0.39, 0.29) is 0 Å². The van der Waals surface area contributed by atoms with Crippen LogP contribution in [0.5, 0.6) is 0 Å². The average Bonchev–Trinajstić information content (AvgIpc) is 3.28. The second kappa shape index (κ2) is 5.48. The van der Waals surface area contributed by atoms with Crippen molar-refractivity contribution in [3.8, 4) is 20.9 Å². The molecule has 0 fully saturated rings. The minimum atomic E-state index is 0.500. The van der Waals surface area contributed by atoms with Crippen molar-refractivity contribution in [1.29, 1.82) is 2.67 Å². The molecule has 0 saturated heterocycles. The van der Waals surface area contributed by atoms with Crippen LogP contribution in [0.2, 0.25) is 0 Å². The molecule has 0 unspecified atom stereocenters. The molecule has 1 aromatic carbocycles. The molecule has 0 bridgehead atoms. The maximum atomic E-state index is 5.75. The van der Waals surface area contributed by atoms with Crippen molar-refractivity contribution in [3.63, 3.8) is 0 Å². The largest absolute Gasteiger partial charge is 0.172 e. The number of hydrogen-bond donors (Lipinski definition) is 0. The first-order chi connectivity index (χ1) is 10.8. The summed E-state index contributed by atoms with van der Waals surface area (Å²) in [6.45, 7) is 0. The smallest absolute Gasteiger partial charge is 0.114 e. The van der Waals surface area contributed by atoms with E-state index in [4.69, 9.17) is 2.67 Å². The van der Waals surface area contributed by atoms with E-state index in [9.17, 15) is 0 Å². The van der Waals surface area contributed by atoms with Crippen LogP contribution in [0.15, 0.2) is 47.2 Å². The van der Waals surface area contributed by atoms with Gasteiger partial charge in [0.25, 0.3) is 0 Å². The van der Waals surface area contributed by atoms with Gasteiger partial charge >= 0.3 is 0 Å². The van der Waals surface area contributed by atoms with Crippen molar-refractivity contribution in [3.05, 3.63) is 47.2 Å². The van der Waals surface area contributed by atoms with Crippen LogP contribution in [0.25, 0.3) is 31.9 Å². The SMILES string of the molecule is [3H][B][3H].c1csc(-c2ccc(-c3cccs3)c3nsnc23)c1. The molecule has 4 aromatic rings. The highest BCUT2D eigenvalue weighted by Gasteiger charge is 2.13. The lowest BCUT2D eigenvalue weighted by atomic mass is 10.1. The standard InChI is InChI=1S/C14H8N2S3.BH2/c1-3-11(17-7-1)9-5-6-10(12-4-2-8-18-12)14-13(9)15-19-16-14;/h1-8H;1H2/i;1T2. The zero-order valence-electron chi connectivity index (χ0n) is 12.3. The van der Waals surface area contributed by atoms with Crippen LogP contribution in [0.4, 0.5) is 0 Å². The minimum absolute atomic E-state index is 0.500. The first-order valence-corrected chi connectivity index (χ1v) is 8.25. The Morgan fingerprint density at radius 1 is 0.850 bits per heavy atom. The molecule has 20 heavy (non-hydrogen) atoms. The van der Waals surface area contributed by atoms with Crippen LogP contribution in [0.1, 0.15) is 0 Å². The quantitative estimate of drug-likeness (QED) is 0.517. The van der Waals surface area contributed by atoms with Gasteiger partial charge in [-0.3, -0.25) is 0 Å². The Balaban J connectivity index is 0.000000446. The van der Waals surface area contributed by atoms with Gasteiger partial charge in [-0.2, -0.15) is 8.75 Å². The molecular weight excluding hydrogens is 303 g/mol. The summed E-state index contributed by atoms with van der Waals surface area (Å²) in [4.78, 5) is 2.49. The number of rotatable bonds is 2. The second-order valence-electron chi connectivity index (χ2n) is 4.08. The van der Waals surface area contributed by atoms with Crippen LogP contribution in [0, 0.1) is 0 Å². The summed E-state index contributed by atoms with van der Waals surface area (Å²) in [5, 5.41) is 4.18. The summed E-state index contributed by atoms with van der Waals surface area (Å²) in [6, 6.07) is 12.7. The molecule has 6 heteroatoms. The summed E-state index contributed by atoms with van der Waals surface area (Å²) in [5.74, 6) is 0. The van der Waals surface area contributed by atoms with Gasteiger partial charge in [0.2, 0.25) is 0 Å². The number of hydrogen-bond acceptors (Lipinski definition) is 5. The third kappa shape index (κ3) is 2.10. The number of aromatic nitrogens is 2. The van der Waals surface area contributed by atoms with E-state index in [1.165, 1.54) is 32.6 Å². The van der Waals surface area contributed by atoms with E-state index in [2.05, 4.69) is 55.9 Å². The van der Waals surface area contributed by atoms with Crippen molar-refractivity contribution in [2.75, 3.05) is 0 Å². The Morgan fingerprint density at radius 3 is 1.75 bits per heavy atom. The normalized spacial score (nSPS) is 11.4. The van der Waals surface area contributed by atoms with E-state index >= 15 is 0 Å². The predicted octanol–water partition coefficient (Wildman–Crippen LogP) is 4.23. The molecule has 0 aliphatic carbocycles. The van der Waals surface area contributed by atoms with Crippen LogP contribution < -0.4 is 0 Å². The molecule has 2 nitrogen and oxygen atoms in total. The molecule has 3 heterocycles. The summed E-state index contributed by atoms with van der Waals surface area (Å²) in [7, 11) is 0.500. The molecule has 0 atom stereocenters. The molecular formula is C14H10BN2S3. The molecule has 4 rings (SSSR count). The fourth-order valence-electron chi connectivity index (χ4n) is 2.13. The van der Waals surface area contributed by atoms with Crippen LogP contribution >= 0.6 is 34.4 Å². The maximum absolute atomic E-state index is 5.75. The van der Waals surface area contributed by atoms with Gasteiger partial charge in [-0.25, -0.2) is 0 Å². The fourth-order valence-corrected chi connectivity index (χ4v) is 4.21. The van der Waals surface area contributed by atoms with Gasteiger partial charge in [-0.1, -0.05) is 24.3 Å². The Bertz CT molecular complexity index is 776. The van der Waals surface area contributed by atoms with Gasteiger partial charge in [0.15, 0.2) is 0 Å². The highest BCUT2D eigenvalue weighted by molar-refractivity contribution is 7.14. The van der Waals surface area contributed by atoms with E-state index in [0.717, 1.165) is 11.0 Å². The molecule has 0 aliphatic heterocycles. The van der Waals surface area contributed by atoms with Crippen molar-refractivity contribution >= 4 is 53.8 Å². The van der Waals surface area contributed by atoms with Gasteiger partial charge in [-0.15, -0.1) is 22.7 Å². The Hall–Kier alpha value is -1.50. The van der Waals surface area contributed by atoms with E-state index < -0.39 is 0 Å². The van der Waals surface area contributed by atoms with E-state index in [1.807, 2.05) is 0 Å². The second-order valence-corrected chi connectivity index (χ2v) is 6.50. The number of fused-ring (bicyclic) bond motifs is 1. The topological polar surface area (TPSA) is 25.8 Å². The summed E-state index contributed by atoms with van der Waals surface area (Å²) < 4.78 is 20.5. The van der Waals surface area contributed by atoms with Gasteiger partial charge < -0.3 is 0 Å². The Morgan fingerprint density at radius 2 is 1.35 bits per heavy atom. The maximum Gasteiger partial charge on any atom is 0.114 e. The molecule has 1 radical (unpaired) electrons. The predicted molar refractivity (Wildman–Crippen MR) is 92.6 cm³/mol.